The fourth-order valence-electron chi connectivity index (χ4n) is 1.63. The Balaban J connectivity index is 2.28. The fraction of sp³-hybridized carbons (Fsp3) is 0.286. The normalized spacial score (nSPS) is 10.4. The molecule has 2 N–H and O–H groups in total. The quantitative estimate of drug-likeness (QED) is 0.843. The third-order valence-electron chi connectivity index (χ3n) is 2.71. The van der Waals surface area contributed by atoms with Gasteiger partial charge in [-0.2, -0.15) is 4.98 Å². The Kier molecular flexibility index (Phi) is 5.04. The monoisotopic (exact) mass is 310 g/mol. The molecule has 6 heteroatoms. The summed E-state index contributed by atoms with van der Waals surface area (Å²) in [7, 11) is 0. The molecule has 1 aromatic heterocycles. The number of anilines is 3. The molecule has 0 saturated heterocycles. The van der Waals surface area contributed by atoms with Crippen LogP contribution in [0, 0.1) is 6.92 Å². The van der Waals surface area contributed by atoms with Crippen LogP contribution in [0.5, 0.6) is 0 Å². The molecule has 106 valence electrons. The van der Waals surface area contributed by atoms with Crippen LogP contribution in [0.4, 0.5) is 17.5 Å². The summed E-state index contributed by atoms with van der Waals surface area (Å²) >= 11 is 12.3. The zero-order valence-corrected chi connectivity index (χ0v) is 12.9. The van der Waals surface area contributed by atoms with E-state index in [2.05, 4.69) is 27.5 Å². The van der Waals surface area contributed by atoms with Gasteiger partial charge in [-0.1, -0.05) is 36.2 Å². The summed E-state index contributed by atoms with van der Waals surface area (Å²) < 4.78 is 0. The lowest BCUT2D eigenvalue weighted by Crippen LogP contribution is -2.07. The molecule has 0 aliphatic carbocycles. The van der Waals surface area contributed by atoms with Crippen LogP contribution in [0.3, 0.4) is 0 Å². The summed E-state index contributed by atoms with van der Waals surface area (Å²) in [5, 5.41) is 7.43. The molecule has 2 aromatic rings. The van der Waals surface area contributed by atoms with Crippen LogP contribution in [-0.4, -0.2) is 16.5 Å². The van der Waals surface area contributed by atoms with E-state index >= 15 is 0 Å². The Labute approximate surface area is 128 Å². The van der Waals surface area contributed by atoms with E-state index in [0.29, 0.717) is 27.5 Å². The maximum absolute atomic E-state index is 6.15. The Morgan fingerprint density at radius 3 is 2.55 bits per heavy atom. The number of hydrogen-bond acceptors (Lipinski definition) is 4. The molecule has 0 aliphatic heterocycles. The number of nitrogens with zero attached hydrogens (tertiary/aromatic N) is 2. The standard InChI is InChI=1S/C14H16Cl2N4/c1-3-7-17-14-18-8-9(2)13(20-14)19-12-10(15)5-4-6-11(12)16/h4-6,8H,3,7H2,1-2H3,(H2,17,18,19,20). The lowest BCUT2D eigenvalue weighted by molar-refractivity contribution is 0.950. The average Bonchev–Trinajstić information content (AvgIpc) is 2.43. The number of nitrogens with one attached hydrogen (secondary N) is 2. The van der Waals surface area contributed by atoms with Gasteiger partial charge in [-0.15, -0.1) is 0 Å². The van der Waals surface area contributed by atoms with Crippen molar-refractivity contribution in [1.29, 1.82) is 0 Å². The number of rotatable bonds is 5. The van der Waals surface area contributed by atoms with E-state index in [-0.39, 0.29) is 0 Å². The number of aromatic nitrogens is 2. The molecular weight excluding hydrogens is 295 g/mol. The number of para-hydroxylation sites is 1. The lowest BCUT2D eigenvalue weighted by atomic mass is 10.3. The fourth-order valence-corrected chi connectivity index (χ4v) is 2.12. The van der Waals surface area contributed by atoms with Gasteiger partial charge in [0.1, 0.15) is 5.82 Å². The van der Waals surface area contributed by atoms with E-state index in [1.54, 1.807) is 24.4 Å². The van der Waals surface area contributed by atoms with Gasteiger partial charge < -0.3 is 10.6 Å². The molecule has 2 rings (SSSR count). The molecule has 0 saturated carbocycles. The SMILES string of the molecule is CCCNc1ncc(C)c(Nc2c(Cl)cccc2Cl)n1. The van der Waals surface area contributed by atoms with Crippen LogP contribution in [-0.2, 0) is 0 Å². The molecule has 0 radical (unpaired) electrons. The second-order valence-electron chi connectivity index (χ2n) is 4.37. The summed E-state index contributed by atoms with van der Waals surface area (Å²) in [6, 6.07) is 5.36. The largest absolute Gasteiger partial charge is 0.354 e. The summed E-state index contributed by atoms with van der Waals surface area (Å²) in [4.78, 5) is 8.67. The van der Waals surface area contributed by atoms with Crippen molar-refractivity contribution in [3.63, 3.8) is 0 Å². The minimum Gasteiger partial charge on any atom is -0.354 e. The predicted molar refractivity (Wildman–Crippen MR) is 85.3 cm³/mol. The maximum Gasteiger partial charge on any atom is 0.224 e. The van der Waals surface area contributed by atoms with Crippen LogP contribution >= 0.6 is 23.2 Å². The third-order valence-corrected chi connectivity index (χ3v) is 3.34. The van der Waals surface area contributed by atoms with Crippen molar-refractivity contribution in [3.8, 4) is 0 Å². The van der Waals surface area contributed by atoms with E-state index in [9.17, 15) is 0 Å². The first-order valence-corrected chi connectivity index (χ1v) is 7.16. The van der Waals surface area contributed by atoms with Crippen LogP contribution in [0.25, 0.3) is 0 Å². The van der Waals surface area contributed by atoms with Gasteiger partial charge in [-0.3, -0.25) is 0 Å². The second kappa shape index (κ2) is 6.77. The van der Waals surface area contributed by atoms with Crippen LogP contribution < -0.4 is 10.6 Å². The molecule has 4 nitrogen and oxygen atoms in total. The highest BCUT2D eigenvalue weighted by Crippen LogP contribution is 2.32. The summed E-state index contributed by atoms with van der Waals surface area (Å²) in [5.74, 6) is 1.27. The van der Waals surface area contributed by atoms with E-state index in [1.165, 1.54) is 0 Å². The molecule has 0 aliphatic rings. The third kappa shape index (κ3) is 3.52. The molecule has 0 spiro atoms. The highest BCUT2D eigenvalue weighted by Gasteiger charge is 2.09. The Bertz CT molecular complexity index is 581. The van der Waals surface area contributed by atoms with Gasteiger partial charge >= 0.3 is 0 Å². The van der Waals surface area contributed by atoms with E-state index in [1.807, 2.05) is 6.92 Å². The van der Waals surface area contributed by atoms with Gasteiger partial charge in [0.05, 0.1) is 15.7 Å². The topological polar surface area (TPSA) is 49.8 Å². The van der Waals surface area contributed by atoms with Crippen LogP contribution in [0.1, 0.15) is 18.9 Å². The molecule has 0 fully saturated rings. The first kappa shape index (κ1) is 14.9. The first-order valence-electron chi connectivity index (χ1n) is 6.40. The van der Waals surface area contributed by atoms with Gasteiger partial charge in [0.2, 0.25) is 5.95 Å². The molecule has 1 aromatic carbocycles. The van der Waals surface area contributed by atoms with E-state index in [4.69, 9.17) is 23.2 Å². The molecule has 0 atom stereocenters. The average molecular weight is 311 g/mol. The Morgan fingerprint density at radius 2 is 1.90 bits per heavy atom. The first-order chi connectivity index (χ1) is 9.61. The van der Waals surface area contributed by atoms with Crippen molar-refractivity contribution in [1.82, 2.24) is 9.97 Å². The second-order valence-corrected chi connectivity index (χ2v) is 5.19. The van der Waals surface area contributed by atoms with Gasteiger partial charge in [0.15, 0.2) is 0 Å². The number of aryl methyl sites for hydroxylation is 1. The Morgan fingerprint density at radius 1 is 1.20 bits per heavy atom. The van der Waals surface area contributed by atoms with Crippen LogP contribution in [0.2, 0.25) is 10.0 Å². The molecule has 0 bridgehead atoms. The minimum atomic E-state index is 0.554. The summed E-state index contributed by atoms with van der Waals surface area (Å²) in [5.41, 5.74) is 1.57. The summed E-state index contributed by atoms with van der Waals surface area (Å²) in [6.45, 7) is 4.84. The van der Waals surface area contributed by atoms with E-state index < -0.39 is 0 Å². The zero-order valence-electron chi connectivity index (χ0n) is 11.4. The molecule has 1 heterocycles. The maximum atomic E-state index is 6.15. The number of halogens is 2. The van der Waals surface area contributed by atoms with Crippen molar-refractivity contribution in [2.24, 2.45) is 0 Å². The zero-order chi connectivity index (χ0) is 14.5. The van der Waals surface area contributed by atoms with Crippen molar-refractivity contribution in [2.75, 3.05) is 17.2 Å². The molecule has 0 amide bonds. The van der Waals surface area contributed by atoms with Gasteiger partial charge in [-0.25, -0.2) is 4.98 Å². The minimum absolute atomic E-state index is 0.554. The number of benzene rings is 1. The molecule has 20 heavy (non-hydrogen) atoms. The van der Waals surface area contributed by atoms with Crippen molar-refractivity contribution < 1.29 is 0 Å². The highest BCUT2D eigenvalue weighted by molar-refractivity contribution is 6.39. The van der Waals surface area contributed by atoms with Crippen molar-refractivity contribution >= 4 is 40.7 Å². The summed E-state index contributed by atoms with van der Waals surface area (Å²) in [6.07, 6.45) is 2.77. The lowest BCUT2D eigenvalue weighted by Gasteiger charge is -2.12. The van der Waals surface area contributed by atoms with Gasteiger partial charge in [-0.05, 0) is 25.5 Å². The van der Waals surface area contributed by atoms with Crippen molar-refractivity contribution in [3.05, 3.63) is 40.0 Å². The molecular formula is C14H16Cl2N4. The smallest absolute Gasteiger partial charge is 0.224 e. The molecule has 0 unspecified atom stereocenters. The predicted octanol–water partition coefficient (Wildman–Crippen LogP) is 4.66. The highest BCUT2D eigenvalue weighted by atomic mass is 35.5. The van der Waals surface area contributed by atoms with Gasteiger partial charge in [0, 0.05) is 18.3 Å². The Hall–Kier alpha value is -1.52. The van der Waals surface area contributed by atoms with Crippen LogP contribution in [0.15, 0.2) is 24.4 Å². The van der Waals surface area contributed by atoms with E-state index in [0.717, 1.165) is 18.5 Å². The van der Waals surface area contributed by atoms with Gasteiger partial charge in [0.25, 0.3) is 0 Å². The number of hydrogen-bond donors (Lipinski definition) is 2. The van der Waals surface area contributed by atoms with Crippen molar-refractivity contribution in [2.45, 2.75) is 20.3 Å².